The van der Waals surface area contributed by atoms with Crippen molar-refractivity contribution in [2.75, 3.05) is 0 Å². The first-order valence-electron chi connectivity index (χ1n) is 7.25. The lowest BCUT2D eigenvalue weighted by molar-refractivity contribution is 0.0829. The molecule has 2 heterocycles. The highest BCUT2D eigenvalue weighted by Crippen LogP contribution is 2.42. The molecule has 4 atom stereocenters. The van der Waals surface area contributed by atoms with Crippen molar-refractivity contribution in [3.05, 3.63) is 0 Å². The van der Waals surface area contributed by atoms with E-state index < -0.39 is 0 Å². The second kappa shape index (κ2) is 4.66. The molecule has 1 saturated carbocycles. The fourth-order valence-corrected chi connectivity index (χ4v) is 4.13. The molecule has 92 valence electrons. The SMILES string of the molecule is NC(C1CCCCCC1)C1CC2CCC1O2. The third-order valence-electron chi connectivity index (χ3n) is 5.09. The summed E-state index contributed by atoms with van der Waals surface area (Å²) in [6, 6.07) is 0.424. The second-order valence-corrected chi connectivity index (χ2v) is 6.10. The van der Waals surface area contributed by atoms with Gasteiger partial charge in [0.1, 0.15) is 0 Å². The molecule has 0 radical (unpaired) electrons. The first-order valence-corrected chi connectivity index (χ1v) is 7.25. The van der Waals surface area contributed by atoms with Crippen molar-refractivity contribution >= 4 is 0 Å². The average molecular weight is 223 g/mol. The highest BCUT2D eigenvalue weighted by molar-refractivity contribution is 4.96. The number of nitrogens with two attached hydrogens (primary N) is 1. The van der Waals surface area contributed by atoms with Crippen LogP contribution in [0.5, 0.6) is 0 Å². The van der Waals surface area contributed by atoms with Gasteiger partial charge in [0.05, 0.1) is 12.2 Å². The van der Waals surface area contributed by atoms with Crippen LogP contribution >= 0.6 is 0 Å². The molecule has 2 saturated heterocycles. The van der Waals surface area contributed by atoms with Gasteiger partial charge in [-0.05, 0) is 38.0 Å². The Morgan fingerprint density at radius 1 is 0.938 bits per heavy atom. The van der Waals surface area contributed by atoms with Crippen LogP contribution in [0.15, 0.2) is 0 Å². The summed E-state index contributed by atoms with van der Waals surface area (Å²) in [7, 11) is 0. The van der Waals surface area contributed by atoms with E-state index in [1.807, 2.05) is 0 Å². The molecule has 2 aliphatic heterocycles. The Morgan fingerprint density at radius 3 is 2.25 bits per heavy atom. The predicted molar refractivity (Wildman–Crippen MR) is 65.2 cm³/mol. The Morgan fingerprint density at radius 2 is 1.69 bits per heavy atom. The minimum atomic E-state index is 0.424. The van der Waals surface area contributed by atoms with Crippen LogP contribution < -0.4 is 5.73 Å². The van der Waals surface area contributed by atoms with Crippen LogP contribution in [-0.2, 0) is 4.74 Å². The predicted octanol–water partition coefficient (Wildman–Crippen LogP) is 2.85. The van der Waals surface area contributed by atoms with Crippen molar-refractivity contribution in [3.63, 3.8) is 0 Å². The van der Waals surface area contributed by atoms with Crippen LogP contribution in [0.2, 0.25) is 0 Å². The van der Waals surface area contributed by atoms with E-state index in [9.17, 15) is 0 Å². The summed E-state index contributed by atoms with van der Waals surface area (Å²) in [5.74, 6) is 1.47. The monoisotopic (exact) mass is 223 g/mol. The van der Waals surface area contributed by atoms with Crippen molar-refractivity contribution in [3.8, 4) is 0 Å². The molecular formula is C14H25NO. The third-order valence-corrected chi connectivity index (χ3v) is 5.09. The first kappa shape index (κ1) is 11.0. The number of rotatable bonds is 2. The van der Waals surface area contributed by atoms with E-state index in [0.717, 1.165) is 5.92 Å². The lowest BCUT2D eigenvalue weighted by Crippen LogP contribution is -2.42. The van der Waals surface area contributed by atoms with Gasteiger partial charge in [-0.25, -0.2) is 0 Å². The maximum atomic E-state index is 6.53. The normalized spacial score (nSPS) is 42.2. The van der Waals surface area contributed by atoms with Crippen LogP contribution in [0.3, 0.4) is 0 Å². The van der Waals surface area contributed by atoms with E-state index in [1.54, 1.807) is 0 Å². The van der Waals surface area contributed by atoms with Gasteiger partial charge in [-0.3, -0.25) is 0 Å². The summed E-state index contributed by atoms with van der Waals surface area (Å²) in [5, 5.41) is 0. The van der Waals surface area contributed by atoms with Crippen molar-refractivity contribution in [1.29, 1.82) is 0 Å². The first-order chi connectivity index (χ1) is 7.84. The summed E-state index contributed by atoms with van der Waals surface area (Å²) in [6.45, 7) is 0. The van der Waals surface area contributed by atoms with Gasteiger partial charge in [-0.15, -0.1) is 0 Å². The fourth-order valence-electron chi connectivity index (χ4n) is 4.13. The van der Waals surface area contributed by atoms with Gasteiger partial charge >= 0.3 is 0 Å². The smallest absolute Gasteiger partial charge is 0.0623 e. The molecule has 2 N–H and O–H groups in total. The highest BCUT2D eigenvalue weighted by atomic mass is 16.5. The van der Waals surface area contributed by atoms with Crippen molar-refractivity contribution in [2.45, 2.75) is 76.0 Å². The number of fused-ring (bicyclic) bond motifs is 2. The summed E-state index contributed by atoms with van der Waals surface area (Å²) < 4.78 is 5.95. The Balaban J connectivity index is 1.61. The molecule has 0 aromatic heterocycles. The molecule has 4 unspecified atom stereocenters. The quantitative estimate of drug-likeness (QED) is 0.731. The molecule has 2 heteroatoms. The van der Waals surface area contributed by atoms with Gasteiger partial charge in [0.25, 0.3) is 0 Å². The standard InChI is InChI=1S/C14H25NO/c15-14(10-5-3-1-2-4-6-10)12-9-11-7-8-13(12)16-11/h10-14H,1-9,15H2. The summed E-state index contributed by atoms with van der Waals surface area (Å²) in [5.41, 5.74) is 6.53. The molecule has 2 bridgehead atoms. The summed E-state index contributed by atoms with van der Waals surface area (Å²) >= 11 is 0. The highest BCUT2D eigenvalue weighted by Gasteiger charge is 2.44. The minimum absolute atomic E-state index is 0.424. The maximum Gasteiger partial charge on any atom is 0.0623 e. The number of hydrogen-bond donors (Lipinski definition) is 1. The van der Waals surface area contributed by atoms with Gasteiger partial charge in [0, 0.05) is 12.0 Å². The van der Waals surface area contributed by atoms with E-state index in [4.69, 9.17) is 10.5 Å². The van der Waals surface area contributed by atoms with Crippen molar-refractivity contribution in [1.82, 2.24) is 0 Å². The zero-order valence-electron chi connectivity index (χ0n) is 10.2. The molecule has 0 amide bonds. The van der Waals surface area contributed by atoms with Gasteiger partial charge in [-0.1, -0.05) is 25.7 Å². The average Bonchev–Trinajstić information content (AvgIpc) is 2.82. The second-order valence-electron chi connectivity index (χ2n) is 6.10. The molecule has 0 aromatic rings. The van der Waals surface area contributed by atoms with Gasteiger partial charge in [-0.2, -0.15) is 0 Å². The molecule has 1 aliphatic carbocycles. The fraction of sp³-hybridized carbons (Fsp3) is 1.00. The molecule has 3 fully saturated rings. The molecule has 3 rings (SSSR count). The molecule has 0 aromatic carbocycles. The van der Waals surface area contributed by atoms with E-state index in [-0.39, 0.29) is 0 Å². The van der Waals surface area contributed by atoms with Crippen LogP contribution in [-0.4, -0.2) is 18.2 Å². The van der Waals surface area contributed by atoms with Crippen LogP contribution in [0.1, 0.15) is 57.8 Å². The largest absolute Gasteiger partial charge is 0.375 e. The Kier molecular flexibility index (Phi) is 3.21. The van der Waals surface area contributed by atoms with Gasteiger partial charge in [0.15, 0.2) is 0 Å². The van der Waals surface area contributed by atoms with Crippen LogP contribution in [0, 0.1) is 11.8 Å². The zero-order chi connectivity index (χ0) is 11.0. The van der Waals surface area contributed by atoms with Gasteiger partial charge < -0.3 is 10.5 Å². The Hall–Kier alpha value is -0.0800. The topological polar surface area (TPSA) is 35.2 Å². The number of hydrogen-bond acceptors (Lipinski definition) is 2. The third kappa shape index (κ3) is 2.02. The van der Waals surface area contributed by atoms with E-state index in [2.05, 4.69) is 0 Å². The van der Waals surface area contributed by atoms with Gasteiger partial charge in [0.2, 0.25) is 0 Å². The Bertz CT molecular complexity index is 235. The molecular weight excluding hydrogens is 198 g/mol. The maximum absolute atomic E-state index is 6.53. The van der Waals surface area contributed by atoms with E-state index in [1.165, 1.54) is 57.8 Å². The minimum Gasteiger partial charge on any atom is -0.375 e. The van der Waals surface area contributed by atoms with Crippen LogP contribution in [0.25, 0.3) is 0 Å². The van der Waals surface area contributed by atoms with E-state index >= 15 is 0 Å². The summed E-state index contributed by atoms with van der Waals surface area (Å²) in [6.07, 6.45) is 13.3. The molecule has 0 spiro atoms. The van der Waals surface area contributed by atoms with Crippen molar-refractivity contribution in [2.24, 2.45) is 17.6 Å². The lowest BCUT2D eigenvalue weighted by Gasteiger charge is -2.31. The van der Waals surface area contributed by atoms with E-state index in [0.29, 0.717) is 24.2 Å². The number of ether oxygens (including phenoxy) is 1. The van der Waals surface area contributed by atoms with Crippen LogP contribution in [0.4, 0.5) is 0 Å². The van der Waals surface area contributed by atoms with Crippen molar-refractivity contribution < 1.29 is 4.74 Å². The molecule has 2 nitrogen and oxygen atoms in total. The summed E-state index contributed by atoms with van der Waals surface area (Å²) in [4.78, 5) is 0. The zero-order valence-corrected chi connectivity index (χ0v) is 10.2. The molecule has 16 heavy (non-hydrogen) atoms. The Labute approximate surface area is 98.9 Å². The lowest BCUT2D eigenvalue weighted by atomic mass is 9.77. The molecule has 3 aliphatic rings.